The molecule has 61 heavy (non-hydrogen) atoms. The molecule has 1 saturated heterocycles. The molecule has 8 atom stereocenters. The standard InChI is InChI=1S/C54H77NO6/c1-4-6-7-8-9-10-11-12-13-14-15-28-37-50(56-38-44-29-20-16-21-30-44)52(58-40-46-33-24-18-25-34-46)48(55)42-60-54-53(59-41-47-35-26-19-27-36-47)51(43(3)49(5-2)61-54)57-39-45-31-22-17-23-32-45/h16-27,29-36,43,48-54H,4-15,28,37-42,55H2,1-3H3/t43-,48-,49+,50+,51-,52-,53+,54-/m0/s1. The summed E-state index contributed by atoms with van der Waals surface area (Å²) in [4.78, 5) is 0. The molecule has 1 aliphatic rings. The molecule has 1 aliphatic heterocycles. The van der Waals surface area contributed by atoms with Gasteiger partial charge in [0.15, 0.2) is 6.29 Å². The van der Waals surface area contributed by atoms with Gasteiger partial charge in [-0.15, -0.1) is 0 Å². The lowest BCUT2D eigenvalue weighted by molar-refractivity contribution is -0.306. The third-order valence-electron chi connectivity index (χ3n) is 12.2. The Morgan fingerprint density at radius 1 is 0.508 bits per heavy atom. The summed E-state index contributed by atoms with van der Waals surface area (Å²) in [5.74, 6) is 0.0799. The maximum atomic E-state index is 7.22. The topological polar surface area (TPSA) is 81.4 Å². The summed E-state index contributed by atoms with van der Waals surface area (Å²) in [6.45, 7) is 8.63. The normalized spacial score (nSPS) is 20.6. The minimum Gasteiger partial charge on any atom is -0.371 e. The zero-order valence-electron chi connectivity index (χ0n) is 37.6. The fourth-order valence-electron chi connectivity index (χ4n) is 8.48. The second kappa shape index (κ2) is 29.1. The van der Waals surface area contributed by atoms with Crippen molar-refractivity contribution >= 4 is 0 Å². The minimum absolute atomic E-state index is 0.0727. The molecule has 0 radical (unpaired) electrons. The van der Waals surface area contributed by atoms with E-state index in [4.69, 9.17) is 34.2 Å². The molecule has 5 rings (SSSR count). The van der Waals surface area contributed by atoms with Crippen LogP contribution in [0.5, 0.6) is 0 Å². The van der Waals surface area contributed by atoms with Crippen molar-refractivity contribution in [3.05, 3.63) is 144 Å². The van der Waals surface area contributed by atoms with Gasteiger partial charge in [0.1, 0.15) is 12.2 Å². The zero-order chi connectivity index (χ0) is 42.7. The zero-order valence-corrected chi connectivity index (χ0v) is 37.6. The largest absolute Gasteiger partial charge is 0.371 e. The summed E-state index contributed by atoms with van der Waals surface area (Å²) in [5, 5.41) is 0. The van der Waals surface area contributed by atoms with E-state index in [2.05, 4.69) is 81.4 Å². The van der Waals surface area contributed by atoms with Gasteiger partial charge in [-0.3, -0.25) is 0 Å². The smallest absolute Gasteiger partial charge is 0.186 e. The second-order valence-electron chi connectivity index (χ2n) is 17.1. The van der Waals surface area contributed by atoms with Crippen molar-refractivity contribution in [1.29, 1.82) is 0 Å². The van der Waals surface area contributed by atoms with Crippen LogP contribution < -0.4 is 5.73 Å². The Bertz CT molecular complexity index is 1650. The van der Waals surface area contributed by atoms with Crippen LogP contribution in [0.4, 0.5) is 0 Å². The van der Waals surface area contributed by atoms with E-state index in [0.717, 1.165) is 47.9 Å². The maximum absolute atomic E-state index is 7.22. The predicted molar refractivity (Wildman–Crippen MR) is 248 cm³/mol. The molecule has 0 saturated carbocycles. The highest BCUT2D eigenvalue weighted by Gasteiger charge is 2.46. The lowest BCUT2D eigenvalue weighted by Crippen LogP contribution is -2.57. The van der Waals surface area contributed by atoms with E-state index in [9.17, 15) is 0 Å². The molecular weight excluding hydrogens is 759 g/mol. The summed E-state index contributed by atoms with van der Waals surface area (Å²) < 4.78 is 40.6. The number of rotatable bonds is 31. The van der Waals surface area contributed by atoms with Gasteiger partial charge >= 0.3 is 0 Å². The minimum atomic E-state index is -0.688. The number of unbranched alkanes of at least 4 members (excludes halogenated alkanes) is 11. The van der Waals surface area contributed by atoms with Gasteiger partial charge in [0.2, 0.25) is 0 Å². The number of hydrogen-bond donors (Lipinski definition) is 1. The molecule has 4 aromatic rings. The molecule has 1 heterocycles. The molecular formula is C54H77NO6. The first-order chi connectivity index (χ1) is 30.1. The Labute approximate surface area is 369 Å². The number of benzene rings is 4. The summed E-state index contributed by atoms with van der Waals surface area (Å²) >= 11 is 0. The number of nitrogens with two attached hydrogens (primary N) is 1. The van der Waals surface area contributed by atoms with Gasteiger partial charge in [0.25, 0.3) is 0 Å². The lowest BCUT2D eigenvalue weighted by atomic mass is 9.89. The van der Waals surface area contributed by atoms with Gasteiger partial charge in [0.05, 0.1) is 57.4 Å². The van der Waals surface area contributed by atoms with E-state index in [-0.39, 0.29) is 30.8 Å². The van der Waals surface area contributed by atoms with Gasteiger partial charge in [-0.1, -0.05) is 219 Å². The molecule has 1 fully saturated rings. The molecule has 0 aliphatic carbocycles. The Morgan fingerprint density at radius 3 is 1.41 bits per heavy atom. The monoisotopic (exact) mass is 836 g/mol. The van der Waals surface area contributed by atoms with E-state index < -0.39 is 24.5 Å². The first-order valence-corrected chi connectivity index (χ1v) is 23.7. The molecule has 334 valence electrons. The first kappa shape index (κ1) is 48.6. The van der Waals surface area contributed by atoms with Crippen molar-refractivity contribution in [2.75, 3.05) is 6.61 Å². The Kier molecular flexibility index (Phi) is 23.2. The van der Waals surface area contributed by atoms with Crippen LogP contribution in [0.1, 0.15) is 133 Å². The predicted octanol–water partition coefficient (Wildman–Crippen LogP) is 12.5. The summed E-state index contributed by atoms with van der Waals surface area (Å²) in [6.07, 6.45) is 15.1. The van der Waals surface area contributed by atoms with Crippen LogP contribution >= 0.6 is 0 Å². The van der Waals surface area contributed by atoms with Crippen LogP contribution in [0, 0.1) is 5.92 Å². The fourth-order valence-corrected chi connectivity index (χ4v) is 8.48. The molecule has 7 nitrogen and oxygen atoms in total. The van der Waals surface area contributed by atoms with E-state index in [1.165, 1.54) is 64.2 Å². The van der Waals surface area contributed by atoms with Gasteiger partial charge in [-0.25, -0.2) is 0 Å². The fraction of sp³-hybridized carbons (Fsp3) is 0.556. The molecule has 0 aromatic heterocycles. The molecule has 0 amide bonds. The van der Waals surface area contributed by atoms with Gasteiger partial charge in [0, 0.05) is 5.92 Å². The molecule has 2 N–H and O–H groups in total. The SMILES string of the molecule is CCCCCCCCCCCCCC[C@@H](OCc1ccccc1)[C@@H](OCc1ccccc1)[C@@H](N)CO[C@H]1O[C@H](CC)[C@H](C)[C@H](OCc2ccccc2)[C@H]1OCc1ccccc1. The number of ether oxygens (including phenoxy) is 6. The highest BCUT2D eigenvalue weighted by atomic mass is 16.7. The molecule has 4 aromatic carbocycles. The maximum Gasteiger partial charge on any atom is 0.186 e. The molecule has 0 spiro atoms. The summed E-state index contributed by atoms with van der Waals surface area (Å²) in [5.41, 5.74) is 11.6. The molecule has 7 heteroatoms. The second-order valence-corrected chi connectivity index (χ2v) is 17.1. The highest BCUT2D eigenvalue weighted by molar-refractivity contribution is 5.16. The quantitative estimate of drug-likeness (QED) is 0.0506. The average molecular weight is 836 g/mol. The van der Waals surface area contributed by atoms with Crippen molar-refractivity contribution in [3.8, 4) is 0 Å². The van der Waals surface area contributed by atoms with Crippen LogP contribution in [0.2, 0.25) is 0 Å². The summed E-state index contributed by atoms with van der Waals surface area (Å²) in [7, 11) is 0. The van der Waals surface area contributed by atoms with Crippen molar-refractivity contribution in [1.82, 2.24) is 0 Å². The van der Waals surface area contributed by atoms with E-state index in [1.54, 1.807) is 0 Å². The number of hydrogen-bond acceptors (Lipinski definition) is 7. The average Bonchev–Trinajstić information content (AvgIpc) is 3.30. The van der Waals surface area contributed by atoms with Crippen LogP contribution in [0.3, 0.4) is 0 Å². The van der Waals surface area contributed by atoms with Crippen molar-refractivity contribution in [3.63, 3.8) is 0 Å². The van der Waals surface area contributed by atoms with Crippen LogP contribution in [0.15, 0.2) is 121 Å². The third-order valence-corrected chi connectivity index (χ3v) is 12.2. The van der Waals surface area contributed by atoms with Crippen LogP contribution in [-0.2, 0) is 54.8 Å². The van der Waals surface area contributed by atoms with Crippen molar-refractivity contribution in [2.24, 2.45) is 11.7 Å². The van der Waals surface area contributed by atoms with Gasteiger partial charge < -0.3 is 34.2 Å². The lowest BCUT2D eigenvalue weighted by Gasteiger charge is -2.45. The Morgan fingerprint density at radius 2 is 0.934 bits per heavy atom. The van der Waals surface area contributed by atoms with E-state index >= 15 is 0 Å². The Balaban J connectivity index is 1.28. The molecule has 0 unspecified atom stereocenters. The van der Waals surface area contributed by atoms with Crippen molar-refractivity contribution in [2.45, 2.75) is 180 Å². The Hall–Kier alpha value is -3.40. The highest BCUT2D eigenvalue weighted by Crippen LogP contribution is 2.34. The third kappa shape index (κ3) is 17.7. The summed E-state index contributed by atoms with van der Waals surface area (Å²) in [6, 6.07) is 40.7. The van der Waals surface area contributed by atoms with E-state index in [0.29, 0.717) is 26.4 Å². The van der Waals surface area contributed by atoms with Crippen LogP contribution in [0.25, 0.3) is 0 Å². The van der Waals surface area contributed by atoms with Gasteiger partial charge in [-0.05, 0) is 35.1 Å². The van der Waals surface area contributed by atoms with Gasteiger partial charge in [-0.2, -0.15) is 0 Å². The van der Waals surface area contributed by atoms with E-state index in [1.807, 2.05) is 60.7 Å². The van der Waals surface area contributed by atoms with Crippen LogP contribution in [-0.4, -0.2) is 49.5 Å². The first-order valence-electron chi connectivity index (χ1n) is 23.7. The molecule has 0 bridgehead atoms. The van der Waals surface area contributed by atoms with Crippen molar-refractivity contribution < 1.29 is 28.4 Å².